The van der Waals surface area contributed by atoms with E-state index in [9.17, 15) is 4.79 Å². The van der Waals surface area contributed by atoms with Crippen molar-refractivity contribution in [3.63, 3.8) is 0 Å². The van der Waals surface area contributed by atoms with Crippen LogP contribution in [0.5, 0.6) is 0 Å². The maximum atomic E-state index is 12.5. The number of rotatable bonds is 3. The number of anilines is 2. The molecule has 0 atom stereocenters. The monoisotopic (exact) mass is 277 g/mol. The molecule has 0 amide bonds. The molecule has 0 saturated carbocycles. The Kier molecular flexibility index (Phi) is 3.28. The van der Waals surface area contributed by atoms with E-state index in [-0.39, 0.29) is 12.2 Å². The summed E-state index contributed by atoms with van der Waals surface area (Å²) in [5, 5.41) is 2.02. The first-order valence-corrected chi connectivity index (χ1v) is 6.66. The van der Waals surface area contributed by atoms with Gasteiger partial charge >= 0.3 is 0 Å². The second kappa shape index (κ2) is 5.25. The Balaban J connectivity index is 1.98. The van der Waals surface area contributed by atoms with Crippen molar-refractivity contribution < 1.29 is 4.79 Å². The summed E-state index contributed by atoms with van der Waals surface area (Å²) in [4.78, 5) is 16.5. The first-order chi connectivity index (χ1) is 10.1. The van der Waals surface area contributed by atoms with Crippen LogP contribution in [0.25, 0.3) is 10.8 Å². The summed E-state index contributed by atoms with van der Waals surface area (Å²) < 4.78 is 0. The highest BCUT2D eigenvalue weighted by Gasteiger charge is 2.13. The molecule has 0 saturated heterocycles. The summed E-state index contributed by atoms with van der Waals surface area (Å²) in [6.45, 7) is 0. The van der Waals surface area contributed by atoms with Gasteiger partial charge in [-0.25, -0.2) is 4.98 Å². The van der Waals surface area contributed by atoms with Gasteiger partial charge in [-0.1, -0.05) is 30.3 Å². The highest BCUT2D eigenvalue weighted by Crippen LogP contribution is 2.23. The Hall–Kier alpha value is -2.88. The number of pyridine rings is 1. The molecule has 0 aliphatic carbocycles. The lowest BCUT2D eigenvalue weighted by molar-refractivity contribution is 0.0994. The zero-order valence-corrected chi connectivity index (χ0v) is 11.4. The zero-order chi connectivity index (χ0) is 14.8. The molecule has 4 nitrogen and oxygen atoms in total. The van der Waals surface area contributed by atoms with E-state index in [1.165, 1.54) is 0 Å². The number of nitrogen functional groups attached to an aromatic ring is 2. The number of fused-ring (bicyclic) bond motifs is 1. The fourth-order valence-corrected chi connectivity index (χ4v) is 2.37. The molecule has 1 aromatic heterocycles. The summed E-state index contributed by atoms with van der Waals surface area (Å²) in [7, 11) is 0. The van der Waals surface area contributed by atoms with E-state index in [2.05, 4.69) is 4.98 Å². The lowest BCUT2D eigenvalue weighted by Crippen LogP contribution is -2.09. The molecule has 3 rings (SSSR count). The summed E-state index contributed by atoms with van der Waals surface area (Å²) in [5.41, 5.74) is 13.5. The van der Waals surface area contributed by atoms with Crippen LogP contribution in [0.1, 0.15) is 15.9 Å². The number of ketones is 1. The second-order valence-corrected chi connectivity index (χ2v) is 4.93. The number of Topliss-reactive ketones (excluding diaryl/α,β-unsaturated/α-hetero) is 1. The van der Waals surface area contributed by atoms with E-state index in [1.807, 2.05) is 36.4 Å². The quantitative estimate of drug-likeness (QED) is 0.569. The Labute approximate surface area is 122 Å². The average molecular weight is 277 g/mol. The van der Waals surface area contributed by atoms with Crippen LogP contribution < -0.4 is 11.5 Å². The average Bonchev–Trinajstić information content (AvgIpc) is 2.49. The van der Waals surface area contributed by atoms with Crippen molar-refractivity contribution in [2.75, 3.05) is 11.5 Å². The van der Waals surface area contributed by atoms with Crippen molar-refractivity contribution in [2.24, 2.45) is 0 Å². The maximum Gasteiger partial charge on any atom is 0.169 e. The molecule has 0 unspecified atom stereocenters. The van der Waals surface area contributed by atoms with Gasteiger partial charge in [0.05, 0.1) is 0 Å². The smallest absolute Gasteiger partial charge is 0.169 e. The normalized spacial score (nSPS) is 10.7. The van der Waals surface area contributed by atoms with Crippen LogP contribution in [-0.4, -0.2) is 10.8 Å². The SMILES string of the molecule is Nc1cc2ccccc2cc1C(=O)Cc1cccnc1N. The molecule has 4 N–H and O–H groups in total. The number of carbonyl (C=O) groups excluding carboxylic acids is 1. The topological polar surface area (TPSA) is 82.0 Å². The third-order valence-electron chi connectivity index (χ3n) is 3.50. The maximum absolute atomic E-state index is 12.5. The lowest BCUT2D eigenvalue weighted by atomic mass is 9.98. The summed E-state index contributed by atoms with van der Waals surface area (Å²) in [6.07, 6.45) is 1.80. The van der Waals surface area contributed by atoms with Crippen molar-refractivity contribution in [3.05, 3.63) is 65.9 Å². The second-order valence-electron chi connectivity index (χ2n) is 4.93. The Bertz CT molecular complexity index is 827. The molecule has 0 bridgehead atoms. The van der Waals surface area contributed by atoms with Crippen LogP contribution in [0.2, 0.25) is 0 Å². The van der Waals surface area contributed by atoms with Gasteiger partial charge in [-0.3, -0.25) is 4.79 Å². The molecule has 0 radical (unpaired) electrons. The van der Waals surface area contributed by atoms with Crippen LogP contribution in [0, 0.1) is 0 Å². The fourth-order valence-electron chi connectivity index (χ4n) is 2.37. The first kappa shape index (κ1) is 13.1. The van der Waals surface area contributed by atoms with E-state index in [4.69, 9.17) is 11.5 Å². The standard InChI is InChI=1S/C17H15N3O/c18-15-9-12-5-2-1-4-11(12)8-14(15)16(21)10-13-6-3-7-20-17(13)19/h1-9H,10,18H2,(H2,19,20). The number of hydrogen-bond donors (Lipinski definition) is 2. The molecule has 21 heavy (non-hydrogen) atoms. The minimum Gasteiger partial charge on any atom is -0.398 e. The van der Waals surface area contributed by atoms with E-state index < -0.39 is 0 Å². The summed E-state index contributed by atoms with van der Waals surface area (Å²) in [5.74, 6) is 0.322. The van der Waals surface area contributed by atoms with Crippen LogP contribution in [0.4, 0.5) is 11.5 Å². The van der Waals surface area contributed by atoms with Gasteiger partial charge in [0.1, 0.15) is 5.82 Å². The predicted octanol–water partition coefficient (Wildman–Crippen LogP) is 2.82. The minimum atomic E-state index is -0.0575. The van der Waals surface area contributed by atoms with Crippen LogP contribution >= 0.6 is 0 Å². The lowest BCUT2D eigenvalue weighted by Gasteiger charge is -2.08. The third kappa shape index (κ3) is 2.56. The molecule has 0 fully saturated rings. The number of nitrogens with two attached hydrogens (primary N) is 2. The van der Waals surface area contributed by atoms with E-state index in [0.29, 0.717) is 17.1 Å². The molecule has 104 valence electrons. The Morgan fingerprint density at radius 1 is 1.00 bits per heavy atom. The molecule has 4 heteroatoms. The van der Waals surface area contributed by atoms with Gasteiger partial charge in [-0.15, -0.1) is 0 Å². The first-order valence-electron chi connectivity index (χ1n) is 6.66. The van der Waals surface area contributed by atoms with Gasteiger partial charge in [-0.05, 0) is 29.0 Å². The van der Waals surface area contributed by atoms with Crippen molar-refractivity contribution >= 4 is 28.1 Å². The number of hydrogen-bond acceptors (Lipinski definition) is 4. The van der Waals surface area contributed by atoms with Gasteiger partial charge < -0.3 is 11.5 Å². The molecular weight excluding hydrogens is 262 g/mol. The van der Waals surface area contributed by atoms with Crippen LogP contribution in [-0.2, 0) is 6.42 Å². The molecule has 0 aliphatic rings. The largest absolute Gasteiger partial charge is 0.398 e. The van der Waals surface area contributed by atoms with Gasteiger partial charge in [-0.2, -0.15) is 0 Å². The molecule has 3 aromatic rings. The van der Waals surface area contributed by atoms with Crippen molar-refractivity contribution in [1.29, 1.82) is 0 Å². The van der Waals surface area contributed by atoms with Gasteiger partial charge in [0.15, 0.2) is 5.78 Å². The number of benzene rings is 2. The Morgan fingerprint density at radius 3 is 2.43 bits per heavy atom. The van der Waals surface area contributed by atoms with Gasteiger partial charge in [0.25, 0.3) is 0 Å². The van der Waals surface area contributed by atoms with Crippen molar-refractivity contribution in [2.45, 2.75) is 6.42 Å². The molecule has 0 spiro atoms. The highest BCUT2D eigenvalue weighted by atomic mass is 16.1. The number of nitrogens with zero attached hydrogens (tertiary/aromatic N) is 1. The van der Waals surface area contributed by atoms with Gasteiger partial charge in [0, 0.05) is 29.4 Å². The minimum absolute atomic E-state index is 0.0575. The summed E-state index contributed by atoms with van der Waals surface area (Å²) >= 11 is 0. The molecular formula is C17H15N3O. The van der Waals surface area contributed by atoms with Crippen molar-refractivity contribution in [3.8, 4) is 0 Å². The van der Waals surface area contributed by atoms with Crippen LogP contribution in [0.3, 0.4) is 0 Å². The van der Waals surface area contributed by atoms with Gasteiger partial charge in [0.2, 0.25) is 0 Å². The Morgan fingerprint density at radius 2 is 1.71 bits per heavy atom. The summed E-state index contributed by atoms with van der Waals surface area (Å²) in [6, 6.07) is 15.0. The molecule has 1 heterocycles. The highest BCUT2D eigenvalue weighted by molar-refractivity contribution is 6.06. The number of carbonyl (C=O) groups is 1. The zero-order valence-electron chi connectivity index (χ0n) is 11.4. The molecule has 0 aliphatic heterocycles. The number of aromatic nitrogens is 1. The van der Waals surface area contributed by atoms with Crippen LogP contribution in [0.15, 0.2) is 54.7 Å². The van der Waals surface area contributed by atoms with E-state index in [0.717, 1.165) is 16.3 Å². The van der Waals surface area contributed by atoms with Crippen molar-refractivity contribution in [1.82, 2.24) is 4.98 Å². The predicted molar refractivity (Wildman–Crippen MR) is 85.0 cm³/mol. The van der Waals surface area contributed by atoms with E-state index >= 15 is 0 Å². The fraction of sp³-hybridized carbons (Fsp3) is 0.0588. The third-order valence-corrected chi connectivity index (χ3v) is 3.50. The molecule has 2 aromatic carbocycles. The van der Waals surface area contributed by atoms with E-state index in [1.54, 1.807) is 18.3 Å².